The van der Waals surface area contributed by atoms with Gasteiger partial charge in [-0.05, 0) is 24.6 Å². The summed E-state index contributed by atoms with van der Waals surface area (Å²) in [6, 6.07) is 9.89. The van der Waals surface area contributed by atoms with Crippen LogP contribution in [0.2, 0.25) is 0 Å². The minimum Gasteiger partial charge on any atom is -0.292 e. The van der Waals surface area contributed by atoms with Crippen molar-refractivity contribution in [1.29, 1.82) is 0 Å². The maximum atomic E-state index is 12.1. The molecular weight excluding hydrogens is 248 g/mol. The molecule has 3 aromatic rings. The summed E-state index contributed by atoms with van der Waals surface area (Å²) < 4.78 is 0. The number of nitrogens with zero attached hydrogens (tertiary/aromatic N) is 2. The molecular formula is C17H16N2O. The van der Waals surface area contributed by atoms with Gasteiger partial charge in [0.25, 0.3) is 0 Å². The van der Waals surface area contributed by atoms with Crippen molar-refractivity contribution in [3.8, 4) is 0 Å². The predicted molar refractivity (Wildman–Crippen MR) is 80.9 cm³/mol. The maximum absolute atomic E-state index is 12.1. The number of Topliss-reactive ketones (excluding diaryl/α,β-unsaturated/α-hetero) is 1. The standard InChI is InChI=1S/C17H16N2O/c1-10(2)17(20)14-7-6-12-4-5-13-8-11(3)9-18-15(13)16(12)19-14/h4-10H,1-3H3. The van der Waals surface area contributed by atoms with Crippen molar-refractivity contribution in [3.63, 3.8) is 0 Å². The fourth-order valence-electron chi connectivity index (χ4n) is 2.32. The average molecular weight is 264 g/mol. The van der Waals surface area contributed by atoms with Crippen LogP contribution in [0.1, 0.15) is 29.9 Å². The SMILES string of the molecule is Cc1cnc2c(ccc3ccc(C(=O)C(C)C)nc32)c1. The van der Waals surface area contributed by atoms with Gasteiger partial charge in [0.05, 0.1) is 11.0 Å². The number of fused-ring (bicyclic) bond motifs is 3. The molecule has 0 aliphatic heterocycles. The van der Waals surface area contributed by atoms with E-state index in [0.717, 1.165) is 27.4 Å². The Hall–Kier alpha value is -2.29. The maximum Gasteiger partial charge on any atom is 0.183 e. The summed E-state index contributed by atoms with van der Waals surface area (Å²) in [5.41, 5.74) is 3.29. The van der Waals surface area contributed by atoms with Crippen molar-refractivity contribution in [2.75, 3.05) is 0 Å². The zero-order valence-electron chi connectivity index (χ0n) is 11.8. The van der Waals surface area contributed by atoms with Crippen LogP contribution in [0.3, 0.4) is 0 Å². The van der Waals surface area contributed by atoms with Crippen LogP contribution in [0.4, 0.5) is 0 Å². The van der Waals surface area contributed by atoms with Gasteiger partial charge in [-0.25, -0.2) is 4.98 Å². The molecule has 20 heavy (non-hydrogen) atoms. The summed E-state index contributed by atoms with van der Waals surface area (Å²) in [5, 5.41) is 2.06. The zero-order valence-corrected chi connectivity index (χ0v) is 11.8. The first-order chi connectivity index (χ1) is 9.56. The first kappa shape index (κ1) is 12.7. The Labute approximate surface area is 117 Å². The summed E-state index contributed by atoms with van der Waals surface area (Å²) in [4.78, 5) is 21.1. The van der Waals surface area contributed by atoms with Gasteiger partial charge in [-0.2, -0.15) is 0 Å². The molecule has 0 fully saturated rings. The lowest BCUT2D eigenvalue weighted by atomic mass is 10.0. The molecule has 0 saturated carbocycles. The number of rotatable bonds is 2. The molecule has 0 atom stereocenters. The first-order valence-corrected chi connectivity index (χ1v) is 6.76. The Balaban J connectivity index is 2.31. The molecule has 3 rings (SSSR count). The van der Waals surface area contributed by atoms with Crippen LogP contribution >= 0.6 is 0 Å². The third-order valence-electron chi connectivity index (χ3n) is 3.42. The second-order valence-electron chi connectivity index (χ2n) is 5.44. The lowest BCUT2D eigenvalue weighted by molar-refractivity contribution is 0.0935. The number of carbonyl (C=O) groups is 1. The van der Waals surface area contributed by atoms with Gasteiger partial charge in [-0.1, -0.05) is 32.0 Å². The van der Waals surface area contributed by atoms with E-state index in [1.54, 1.807) is 6.07 Å². The Bertz CT molecular complexity index is 822. The smallest absolute Gasteiger partial charge is 0.183 e. The van der Waals surface area contributed by atoms with E-state index < -0.39 is 0 Å². The van der Waals surface area contributed by atoms with Gasteiger partial charge in [-0.3, -0.25) is 9.78 Å². The number of aryl methyl sites for hydroxylation is 1. The molecule has 0 bridgehead atoms. The topological polar surface area (TPSA) is 42.9 Å². The monoisotopic (exact) mass is 264 g/mol. The number of hydrogen-bond donors (Lipinski definition) is 0. The van der Waals surface area contributed by atoms with E-state index in [1.807, 2.05) is 45.2 Å². The minimum absolute atomic E-state index is 0.0508. The lowest BCUT2D eigenvalue weighted by Gasteiger charge is -2.07. The third-order valence-corrected chi connectivity index (χ3v) is 3.42. The van der Waals surface area contributed by atoms with Crippen molar-refractivity contribution >= 4 is 27.6 Å². The van der Waals surface area contributed by atoms with E-state index >= 15 is 0 Å². The van der Waals surface area contributed by atoms with Crippen molar-refractivity contribution in [2.24, 2.45) is 5.92 Å². The molecule has 2 aromatic heterocycles. The van der Waals surface area contributed by atoms with Crippen molar-refractivity contribution in [3.05, 3.63) is 47.8 Å². The van der Waals surface area contributed by atoms with E-state index in [-0.39, 0.29) is 11.7 Å². The Morgan fingerprint density at radius 1 is 1.05 bits per heavy atom. The van der Waals surface area contributed by atoms with Crippen molar-refractivity contribution in [1.82, 2.24) is 9.97 Å². The first-order valence-electron chi connectivity index (χ1n) is 6.76. The highest BCUT2D eigenvalue weighted by atomic mass is 16.1. The fraction of sp³-hybridized carbons (Fsp3) is 0.235. The summed E-state index contributed by atoms with van der Waals surface area (Å²) in [7, 11) is 0. The number of hydrogen-bond acceptors (Lipinski definition) is 3. The summed E-state index contributed by atoms with van der Waals surface area (Å²) in [6.07, 6.45) is 1.83. The van der Waals surface area contributed by atoms with Crippen LogP contribution in [0.15, 0.2) is 36.5 Å². The average Bonchev–Trinajstić information content (AvgIpc) is 2.45. The molecule has 100 valence electrons. The Morgan fingerprint density at radius 3 is 2.50 bits per heavy atom. The van der Waals surface area contributed by atoms with E-state index in [9.17, 15) is 4.79 Å². The van der Waals surface area contributed by atoms with E-state index in [0.29, 0.717) is 5.69 Å². The highest BCUT2D eigenvalue weighted by Gasteiger charge is 2.13. The molecule has 0 amide bonds. The van der Waals surface area contributed by atoms with Gasteiger partial charge in [0.2, 0.25) is 0 Å². The molecule has 0 spiro atoms. The van der Waals surface area contributed by atoms with Crippen LogP contribution in [-0.2, 0) is 0 Å². The van der Waals surface area contributed by atoms with Gasteiger partial charge < -0.3 is 0 Å². The van der Waals surface area contributed by atoms with Crippen LogP contribution in [0.25, 0.3) is 21.8 Å². The van der Waals surface area contributed by atoms with Gasteiger partial charge >= 0.3 is 0 Å². The summed E-state index contributed by atoms with van der Waals surface area (Å²) in [5.74, 6) is 0.0149. The van der Waals surface area contributed by atoms with E-state index in [4.69, 9.17) is 0 Å². The quantitative estimate of drug-likeness (QED) is 0.520. The molecule has 0 saturated heterocycles. The number of benzene rings is 1. The minimum atomic E-state index is -0.0508. The molecule has 0 N–H and O–H groups in total. The molecule has 1 aromatic carbocycles. The van der Waals surface area contributed by atoms with Gasteiger partial charge in [0.15, 0.2) is 5.78 Å². The second-order valence-corrected chi connectivity index (χ2v) is 5.44. The highest BCUT2D eigenvalue weighted by molar-refractivity contribution is 6.05. The molecule has 3 heteroatoms. The molecule has 0 unspecified atom stereocenters. The largest absolute Gasteiger partial charge is 0.292 e. The van der Waals surface area contributed by atoms with Crippen molar-refractivity contribution < 1.29 is 4.79 Å². The predicted octanol–water partition coefficient (Wildman–Crippen LogP) is 3.93. The second kappa shape index (κ2) is 4.67. The number of pyridine rings is 2. The molecule has 0 aliphatic rings. The zero-order chi connectivity index (χ0) is 14.3. The normalized spacial score (nSPS) is 11.4. The molecule has 2 heterocycles. The summed E-state index contributed by atoms with van der Waals surface area (Å²) in [6.45, 7) is 5.79. The van der Waals surface area contributed by atoms with Crippen molar-refractivity contribution in [2.45, 2.75) is 20.8 Å². The molecule has 0 radical (unpaired) electrons. The van der Waals surface area contributed by atoms with Crippen LogP contribution in [-0.4, -0.2) is 15.8 Å². The molecule has 0 aliphatic carbocycles. The van der Waals surface area contributed by atoms with Crippen LogP contribution in [0.5, 0.6) is 0 Å². The fourth-order valence-corrected chi connectivity index (χ4v) is 2.32. The molecule has 3 nitrogen and oxygen atoms in total. The van der Waals surface area contributed by atoms with Crippen LogP contribution in [0, 0.1) is 12.8 Å². The summed E-state index contributed by atoms with van der Waals surface area (Å²) >= 11 is 0. The highest BCUT2D eigenvalue weighted by Crippen LogP contribution is 2.23. The number of ketones is 1. The Kier molecular flexibility index (Phi) is 2.97. The van der Waals surface area contributed by atoms with Crippen LogP contribution < -0.4 is 0 Å². The van der Waals surface area contributed by atoms with Gasteiger partial charge in [0.1, 0.15) is 5.69 Å². The number of carbonyl (C=O) groups excluding carboxylic acids is 1. The van der Waals surface area contributed by atoms with Gasteiger partial charge in [-0.15, -0.1) is 0 Å². The third kappa shape index (κ3) is 2.05. The lowest BCUT2D eigenvalue weighted by Crippen LogP contribution is -2.09. The van der Waals surface area contributed by atoms with Gasteiger partial charge in [0, 0.05) is 22.9 Å². The van der Waals surface area contributed by atoms with E-state index in [1.165, 1.54) is 0 Å². The number of aromatic nitrogens is 2. The van der Waals surface area contributed by atoms with E-state index in [2.05, 4.69) is 16.0 Å². The Morgan fingerprint density at radius 2 is 1.75 bits per heavy atom.